The molecule has 0 bridgehead atoms. The van der Waals surface area contributed by atoms with E-state index in [0.29, 0.717) is 12.8 Å². The Balaban J connectivity index is 1.49. The number of allylic oxidation sites excluding steroid dienone is 2. The van der Waals surface area contributed by atoms with Crippen molar-refractivity contribution in [2.45, 2.75) is 32.8 Å². The van der Waals surface area contributed by atoms with Crippen molar-refractivity contribution >= 4 is 17.8 Å². The number of hydrogen-bond donors (Lipinski definition) is 0. The second-order valence-corrected chi connectivity index (χ2v) is 6.38. The van der Waals surface area contributed by atoms with E-state index in [9.17, 15) is 14.4 Å². The van der Waals surface area contributed by atoms with Gasteiger partial charge in [-0.05, 0) is 25.3 Å². The molecule has 5 nitrogen and oxygen atoms in total. The first-order chi connectivity index (χ1) is 11.6. The molecule has 1 fully saturated rings. The Labute approximate surface area is 141 Å². The van der Waals surface area contributed by atoms with Gasteiger partial charge in [0, 0.05) is 6.54 Å². The summed E-state index contributed by atoms with van der Waals surface area (Å²) in [6, 6.07) is 7.74. The molecule has 1 aliphatic carbocycles. The zero-order valence-electron chi connectivity index (χ0n) is 13.7. The van der Waals surface area contributed by atoms with Crippen LogP contribution in [0.2, 0.25) is 0 Å². The molecule has 0 spiro atoms. The first-order valence-electron chi connectivity index (χ1n) is 8.27. The molecule has 1 aromatic rings. The van der Waals surface area contributed by atoms with Gasteiger partial charge in [-0.15, -0.1) is 0 Å². The lowest BCUT2D eigenvalue weighted by Gasteiger charge is -2.14. The second-order valence-electron chi connectivity index (χ2n) is 6.38. The summed E-state index contributed by atoms with van der Waals surface area (Å²) in [5, 5.41) is 0. The van der Waals surface area contributed by atoms with E-state index >= 15 is 0 Å². The Hall–Kier alpha value is -2.43. The van der Waals surface area contributed by atoms with Crippen LogP contribution >= 0.6 is 0 Å². The molecule has 1 saturated heterocycles. The minimum absolute atomic E-state index is 0.0379. The number of carbonyl (C=O) groups excluding carboxylic acids is 3. The van der Waals surface area contributed by atoms with Gasteiger partial charge in [0.05, 0.1) is 18.3 Å². The molecule has 3 rings (SSSR count). The van der Waals surface area contributed by atoms with Gasteiger partial charge in [0.25, 0.3) is 0 Å². The number of rotatable bonds is 5. The van der Waals surface area contributed by atoms with Crippen molar-refractivity contribution in [3.63, 3.8) is 0 Å². The summed E-state index contributed by atoms with van der Waals surface area (Å²) in [6.45, 7) is 2.29. The summed E-state index contributed by atoms with van der Waals surface area (Å²) in [5.41, 5.74) is 2.03. The Morgan fingerprint density at radius 3 is 2.46 bits per heavy atom. The molecule has 0 radical (unpaired) electrons. The molecule has 2 atom stereocenters. The monoisotopic (exact) mass is 327 g/mol. The summed E-state index contributed by atoms with van der Waals surface area (Å²) in [4.78, 5) is 37.7. The van der Waals surface area contributed by atoms with E-state index in [1.807, 2.05) is 43.3 Å². The molecule has 0 aromatic heterocycles. The highest BCUT2D eigenvalue weighted by Crippen LogP contribution is 2.34. The van der Waals surface area contributed by atoms with Crippen molar-refractivity contribution in [3.8, 4) is 0 Å². The predicted molar refractivity (Wildman–Crippen MR) is 87.7 cm³/mol. The number of carbonyl (C=O) groups is 3. The lowest BCUT2D eigenvalue weighted by Crippen LogP contribution is -2.33. The van der Waals surface area contributed by atoms with Crippen LogP contribution in [0.4, 0.5) is 0 Å². The summed E-state index contributed by atoms with van der Waals surface area (Å²) in [6.07, 6.45) is 5.17. The summed E-state index contributed by atoms with van der Waals surface area (Å²) >= 11 is 0. The van der Waals surface area contributed by atoms with Gasteiger partial charge in [-0.2, -0.15) is 0 Å². The number of aryl methyl sites for hydroxylation is 1. The van der Waals surface area contributed by atoms with Crippen LogP contribution in [0.15, 0.2) is 36.4 Å². The van der Waals surface area contributed by atoms with Crippen molar-refractivity contribution in [2.75, 3.05) is 6.54 Å². The first-order valence-corrected chi connectivity index (χ1v) is 8.27. The highest BCUT2D eigenvalue weighted by Gasteiger charge is 2.46. The Morgan fingerprint density at radius 2 is 1.83 bits per heavy atom. The van der Waals surface area contributed by atoms with Crippen molar-refractivity contribution in [1.82, 2.24) is 4.90 Å². The van der Waals surface area contributed by atoms with Gasteiger partial charge in [-0.3, -0.25) is 19.3 Å². The first kappa shape index (κ1) is 16.4. The van der Waals surface area contributed by atoms with E-state index in [2.05, 4.69) is 0 Å². The molecule has 2 aliphatic rings. The minimum atomic E-state index is -0.398. The van der Waals surface area contributed by atoms with Gasteiger partial charge in [0.1, 0.15) is 6.61 Å². The van der Waals surface area contributed by atoms with Crippen LogP contribution in [0.5, 0.6) is 0 Å². The number of ether oxygens (including phenoxy) is 1. The topological polar surface area (TPSA) is 63.7 Å². The molecule has 1 heterocycles. The van der Waals surface area contributed by atoms with Crippen LogP contribution < -0.4 is 0 Å². The van der Waals surface area contributed by atoms with Crippen molar-refractivity contribution in [3.05, 3.63) is 47.5 Å². The maximum absolute atomic E-state index is 12.3. The van der Waals surface area contributed by atoms with Crippen molar-refractivity contribution in [2.24, 2.45) is 11.8 Å². The average Bonchev–Trinajstić information content (AvgIpc) is 2.83. The number of likely N-dealkylation sites (tertiary alicyclic amines) is 1. The predicted octanol–water partition coefficient (Wildman–Crippen LogP) is 2.38. The average molecular weight is 327 g/mol. The minimum Gasteiger partial charge on any atom is -0.461 e. The molecule has 126 valence electrons. The Kier molecular flexibility index (Phi) is 4.79. The highest BCUT2D eigenvalue weighted by atomic mass is 16.5. The second kappa shape index (κ2) is 6.99. The van der Waals surface area contributed by atoms with Crippen LogP contribution in [-0.4, -0.2) is 29.2 Å². The van der Waals surface area contributed by atoms with E-state index in [-0.39, 0.29) is 43.2 Å². The summed E-state index contributed by atoms with van der Waals surface area (Å²) in [5.74, 6) is -1.19. The number of benzene rings is 1. The zero-order valence-corrected chi connectivity index (χ0v) is 13.7. The zero-order chi connectivity index (χ0) is 17.1. The van der Waals surface area contributed by atoms with E-state index in [0.717, 1.165) is 11.1 Å². The number of imide groups is 1. The number of fused-ring (bicyclic) bond motifs is 1. The van der Waals surface area contributed by atoms with Gasteiger partial charge in [0.2, 0.25) is 11.8 Å². The number of esters is 1. The Bertz CT molecular complexity index is 668. The molecule has 0 N–H and O–H groups in total. The molecule has 0 unspecified atom stereocenters. The van der Waals surface area contributed by atoms with E-state index in [1.165, 1.54) is 4.90 Å². The molecular formula is C19H21NO4. The van der Waals surface area contributed by atoms with E-state index in [1.54, 1.807) is 0 Å². The van der Waals surface area contributed by atoms with Crippen LogP contribution in [0.1, 0.15) is 30.4 Å². The normalized spacial score (nSPS) is 22.6. The van der Waals surface area contributed by atoms with Gasteiger partial charge in [-0.25, -0.2) is 0 Å². The molecule has 5 heteroatoms. The molecule has 1 aliphatic heterocycles. The molecule has 0 saturated carbocycles. The van der Waals surface area contributed by atoms with Crippen molar-refractivity contribution < 1.29 is 19.1 Å². The number of nitrogens with zero attached hydrogens (tertiary/aromatic N) is 1. The van der Waals surface area contributed by atoms with Gasteiger partial charge >= 0.3 is 5.97 Å². The SMILES string of the molecule is Cc1cccc(COC(=O)CCN2C(=O)[C@@H]3CC=CC[C@H]3C2=O)c1. The lowest BCUT2D eigenvalue weighted by molar-refractivity contribution is -0.146. The molecule has 1 aromatic carbocycles. The van der Waals surface area contributed by atoms with Crippen LogP contribution in [0.25, 0.3) is 0 Å². The number of amides is 2. The van der Waals surface area contributed by atoms with Crippen LogP contribution in [0, 0.1) is 18.8 Å². The third kappa shape index (κ3) is 3.40. The molecule has 24 heavy (non-hydrogen) atoms. The third-order valence-electron chi connectivity index (χ3n) is 4.62. The smallest absolute Gasteiger partial charge is 0.307 e. The standard InChI is InChI=1S/C19H21NO4/c1-13-5-4-6-14(11-13)12-24-17(21)9-10-20-18(22)15-7-2-3-8-16(15)19(20)23/h2-6,11,15-16H,7-10,12H2,1H3/t15-,16-/m1/s1. The summed E-state index contributed by atoms with van der Waals surface area (Å²) < 4.78 is 5.23. The van der Waals surface area contributed by atoms with Gasteiger partial charge in [-0.1, -0.05) is 42.0 Å². The van der Waals surface area contributed by atoms with Crippen LogP contribution in [0.3, 0.4) is 0 Å². The fraction of sp³-hybridized carbons (Fsp3) is 0.421. The fourth-order valence-corrected chi connectivity index (χ4v) is 3.33. The van der Waals surface area contributed by atoms with Crippen molar-refractivity contribution in [1.29, 1.82) is 0 Å². The fourth-order valence-electron chi connectivity index (χ4n) is 3.33. The highest BCUT2D eigenvalue weighted by molar-refractivity contribution is 6.05. The maximum Gasteiger partial charge on any atom is 0.307 e. The Morgan fingerprint density at radius 1 is 1.17 bits per heavy atom. The molecule has 2 amide bonds. The number of hydrogen-bond acceptors (Lipinski definition) is 4. The largest absolute Gasteiger partial charge is 0.461 e. The third-order valence-corrected chi connectivity index (χ3v) is 4.62. The quantitative estimate of drug-likeness (QED) is 0.473. The van der Waals surface area contributed by atoms with E-state index in [4.69, 9.17) is 4.74 Å². The summed E-state index contributed by atoms with van der Waals surface area (Å²) in [7, 11) is 0. The van der Waals surface area contributed by atoms with Gasteiger partial charge < -0.3 is 4.74 Å². The molecular weight excluding hydrogens is 306 g/mol. The van der Waals surface area contributed by atoms with Crippen LogP contribution in [-0.2, 0) is 25.7 Å². The van der Waals surface area contributed by atoms with E-state index < -0.39 is 5.97 Å². The lowest BCUT2D eigenvalue weighted by atomic mass is 9.85. The maximum atomic E-state index is 12.3. The van der Waals surface area contributed by atoms with Gasteiger partial charge in [0.15, 0.2) is 0 Å².